The third-order valence-corrected chi connectivity index (χ3v) is 3.69. The molecular formula is C12H19IN4O2S. The molecule has 2 heterocycles. The summed E-state index contributed by atoms with van der Waals surface area (Å²) in [6.07, 6.45) is 1.47. The third-order valence-electron chi connectivity index (χ3n) is 2.75. The molecule has 0 atom stereocenters. The Bertz CT molecular complexity index is 433. The van der Waals surface area contributed by atoms with Gasteiger partial charge in [-0.3, -0.25) is 9.79 Å². The van der Waals surface area contributed by atoms with Crippen LogP contribution in [0.1, 0.15) is 10.6 Å². The van der Waals surface area contributed by atoms with E-state index in [1.165, 1.54) is 6.26 Å². The summed E-state index contributed by atoms with van der Waals surface area (Å²) in [5.74, 6) is 2.82. The van der Waals surface area contributed by atoms with E-state index in [0.29, 0.717) is 24.8 Å². The average Bonchev–Trinajstić information content (AvgIpc) is 2.98. The zero-order chi connectivity index (χ0) is 13.5. The molecule has 0 radical (unpaired) electrons. The Morgan fingerprint density at radius 1 is 1.50 bits per heavy atom. The normalized spacial score (nSPS) is 15.6. The van der Waals surface area contributed by atoms with E-state index < -0.39 is 0 Å². The van der Waals surface area contributed by atoms with E-state index in [0.717, 1.165) is 24.6 Å². The highest BCUT2D eigenvalue weighted by molar-refractivity contribution is 14.0. The van der Waals surface area contributed by atoms with Gasteiger partial charge in [0.15, 0.2) is 11.7 Å². The van der Waals surface area contributed by atoms with Crippen LogP contribution in [0.3, 0.4) is 0 Å². The maximum absolute atomic E-state index is 11.6. The Kier molecular flexibility index (Phi) is 7.82. The van der Waals surface area contributed by atoms with Gasteiger partial charge in [-0.2, -0.15) is 11.8 Å². The number of hydrogen-bond acceptors (Lipinski definition) is 4. The average molecular weight is 410 g/mol. The molecule has 0 saturated carbocycles. The van der Waals surface area contributed by atoms with Crippen molar-refractivity contribution in [2.24, 2.45) is 10.7 Å². The Morgan fingerprint density at radius 2 is 2.25 bits per heavy atom. The SMILES string of the molecule is I.NC(=NCCNC(=O)c1ccco1)N1CCSCC1. The molecule has 0 aliphatic carbocycles. The van der Waals surface area contributed by atoms with Crippen LogP contribution in [0, 0.1) is 0 Å². The van der Waals surface area contributed by atoms with Gasteiger partial charge in [-0.1, -0.05) is 0 Å². The van der Waals surface area contributed by atoms with Crippen molar-refractivity contribution < 1.29 is 9.21 Å². The zero-order valence-corrected chi connectivity index (χ0v) is 14.2. The minimum absolute atomic E-state index is 0. The second-order valence-corrected chi connectivity index (χ2v) is 5.30. The number of thioether (sulfide) groups is 1. The van der Waals surface area contributed by atoms with Gasteiger partial charge in [0.25, 0.3) is 5.91 Å². The van der Waals surface area contributed by atoms with Crippen LogP contribution in [0.2, 0.25) is 0 Å². The van der Waals surface area contributed by atoms with Crippen LogP contribution in [0.5, 0.6) is 0 Å². The molecule has 1 saturated heterocycles. The fourth-order valence-electron chi connectivity index (χ4n) is 1.73. The molecule has 8 heteroatoms. The van der Waals surface area contributed by atoms with Crippen LogP contribution in [0.25, 0.3) is 0 Å². The number of aliphatic imine (C=N–C) groups is 1. The number of guanidine groups is 1. The number of halogens is 1. The van der Waals surface area contributed by atoms with Gasteiger partial charge in [-0.25, -0.2) is 0 Å². The Morgan fingerprint density at radius 3 is 2.90 bits per heavy atom. The predicted octanol–water partition coefficient (Wildman–Crippen LogP) is 0.991. The number of furan rings is 1. The van der Waals surface area contributed by atoms with Gasteiger partial charge >= 0.3 is 0 Å². The van der Waals surface area contributed by atoms with E-state index in [1.54, 1.807) is 12.1 Å². The van der Waals surface area contributed by atoms with Crippen LogP contribution >= 0.6 is 35.7 Å². The lowest BCUT2D eigenvalue weighted by atomic mass is 10.4. The number of nitrogens with zero attached hydrogens (tertiary/aromatic N) is 2. The largest absolute Gasteiger partial charge is 0.459 e. The van der Waals surface area contributed by atoms with Gasteiger partial charge in [-0.05, 0) is 12.1 Å². The smallest absolute Gasteiger partial charge is 0.287 e. The number of rotatable bonds is 4. The molecule has 2 rings (SSSR count). The Labute approximate surface area is 139 Å². The fraction of sp³-hybridized carbons (Fsp3) is 0.500. The minimum atomic E-state index is -0.229. The van der Waals surface area contributed by atoms with Gasteiger partial charge in [0.05, 0.1) is 12.8 Å². The van der Waals surface area contributed by atoms with Crippen molar-refractivity contribution in [3.8, 4) is 0 Å². The van der Waals surface area contributed by atoms with Crippen molar-refractivity contribution in [1.82, 2.24) is 10.2 Å². The summed E-state index contributed by atoms with van der Waals surface area (Å²) in [5, 5.41) is 2.73. The molecule has 1 aromatic heterocycles. The first-order valence-electron chi connectivity index (χ1n) is 6.21. The number of nitrogens with two attached hydrogens (primary N) is 1. The maximum Gasteiger partial charge on any atom is 0.287 e. The molecule has 6 nitrogen and oxygen atoms in total. The summed E-state index contributed by atoms with van der Waals surface area (Å²) in [6, 6.07) is 3.30. The number of amides is 1. The summed E-state index contributed by atoms with van der Waals surface area (Å²) < 4.78 is 4.99. The standard InChI is InChI=1S/C12H18N4O2S.HI/c13-12(16-5-8-19-9-6-16)15-4-3-14-11(17)10-2-1-7-18-10;/h1-2,7H,3-6,8-9H2,(H2,13,15)(H,14,17);1H. The quantitative estimate of drug-likeness (QED) is 0.335. The van der Waals surface area contributed by atoms with Crippen LogP contribution in [0.4, 0.5) is 0 Å². The first kappa shape index (κ1) is 17.2. The molecule has 1 amide bonds. The zero-order valence-electron chi connectivity index (χ0n) is 11.1. The van der Waals surface area contributed by atoms with E-state index in [2.05, 4.69) is 15.2 Å². The van der Waals surface area contributed by atoms with Crippen LogP contribution < -0.4 is 11.1 Å². The molecule has 0 bridgehead atoms. The molecule has 0 spiro atoms. The summed E-state index contributed by atoms with van der Waals surface area (Å²) in [7, 11) is 0. The Balaban J connectivity index is 0.00000200. The van der Waals surface area contributed by atoms with Crippen LogP contribution in [0.15, 0.2) is 27.8 Å². The molecule has 0 aromatic carbocycles. The summed E-state index contributed by atoms with van der Waals surface area (Å²) in [4.78, 5) is 17.9. The van der Waals surface area contributed by atoms with E-state index >= 15 is 0 Å². The van der Waals surface area contributed by atoms with Crippen LogP contribution in [-0.2, 0) is 0 Å². The first-order chi connectivity index (χ1) is 9.27. The lowest BCUT2D eigenvalue weighted by molar-refractivity contribution is 0.0927. The van der Waals surface area contributed by atoms with Crippen molar-refractivity contribution in [3.05, 3.63) is 24.2 Å². The highest BCUT2D eigenvalue weighted by atomic mass is 127. The van der Waals surface area contributed by atoms with Gasteiger partial charge in [-0.15, -0.1) is 24.0 Å². The fourth-order valence-corrected chi connectivity index (χ4v) is 2.63. The minimum Gasteiger partial charge on any atom is -0.459 e. The van der Waals surface area contributed by atoms with Crippen molar-refractivity contribution in [2.75, 3.05) is 37.7 Å². The van der Waals surface area contributed by atoms with Gasteiger partial charge in [0, 0.05) is 31.1 Å². The van der Waals surface area contributed by atoms with Gasteiger partial charge in [0.2, 0.25) is 0 Å². The molecular weight excluding hydrogens is 391 g/mol. The number of nitrogens with one attached hydrogen (secondary N) is 1. The second-order valence-electron chi connectivity index (χ2n) is 4.07. The lowest BCUT2D eigenvalue weighted by Crippen LogP contribution is -2.43. The molecule has 1 fully saturated rings. The van der Waals surface area contributed by atoms with Gasteiger partial charge < -0.3 is 20.4 Å². The second kappa shape index (κ2) is 9.11. The van der Waals surface area contributed by atoms with E-state index in [4.69, 9.17) is 10.2 Å². The van der Waals surface area contributed by atoms with E-state index in [-0.39, 0.29) is 29.9 Å². The van der Waals surface area contributed by atoms with Crippen molar-refractivity contribution in [1.29, 1.82) is 0 Å². The summed E-state index contributed by atoms with van der Waals surface area (Å²) >= 11 is 1.93. The molecule has 112 valence electrons. The van der Waals surface area contributed by atoms with Crippen molar-refractivity contribution in [3.63, 3.8) is 0 Å². The molecule has 0 unspecified atom stereocenters. The molecule has 1 aliphatic rings. The maximum atomic E-state index is 11.6. The van der Waals surface area contributed by atoms with Crippen molar-refractivity contribution >= 4 is 47.6 Å². The van der Waals surface area contributed by atoms with E-state index in [1.807, 2.05) is 11.8 Å². The topological polar surface area (TPSA) is 83.9 Å². The molecule has 20 heavy (non-hydrogen) atoms. The number of carbonyl (C=O) groups is 1. The molecule has 1 aromatic rings. The highest BCUT2D eigenvalue weighted by Gasteiger charge is 2.12. The molecule has 1 aliphatic heterocycles. The Hall–Kier alpha value is -0.900. The summed E-state index contributed by atoms with van der Waals surface area (Å²) in [6.45, 7) is 2.81. The predicted molar refractivity (Wildman–Crippen MR) is 91.8 cm³/mol. The van der Waals surface area contributed by atoms with E-state index in [9.17, 15) is 4.79 Å². The van der Waals surface area contributed by atoms with Crippen molar-refractivity contribution in [2.45, 2.75) is 0 Å². The third kappa shape index (κ3) is 5.23. The molecule has 3 N–H and O–H groups in total. The van der Waals surface area contributed by atoms with Crippen LogP contribution in [-0.4, -0.2) is 54.5 Å². The summed E-state index contributed by atoms with van der Waals surface area (Å²) in [5.41, 5.74) is 5.90. The number of hydrogen-bond donors (Lipinski definition) is 2. The van der Waals surface area contributed by atoms with Gasteiger partial charge in [0.1, 0.15) is 0 Å². The first-order valence-corrected chi connectivity index (χ1v) is 7.37. The lowest BCUT2D eigenvalue weighted by Gasteiger charge is -2.27. The number of carbonyl (C=O) groups excluding carboxylic acids is 1. The monoisotopic (exact) mass is 410 g/mol. The highest BCUT2D eigenvalue weighted by Crippen LogP contribution is 2.08.